The molecule has 0 aromatic heterocycles. The zero-order valence-electron chi connectivity index (χ0n) is 7.55. The van der Waals surface area contributed by atoms with Crippen LogP contribution in [0.5, 0.6) is 0 Å². The fourth-order valence-electron chi connectivity index (χ4n) is 0.830. The van der Waals surface area contributed by atoms with Crippen LogP contribution in [0.4, 0.5) is 0 Å². The van der Waals surface area contributed by atoms with Gasteiger partial charge in [0.05, 0.1) is 10.3 Å². The van der Waals surface area contributed by atoms with E-state index < -0.39 is 18.9 Å². The van der Waals surface area contributed by atoms with Crippen molar-refractivity contribution in [1.82, 2.24) is 0 Å². The van der Waals surface area contributed by atoms with Gasteiger partial charge >= 0.3 is 8.56 Å². The molecule has 0 saturated carbocycles. The van der Waals surface area contributed by atoms with E-state index in [4.69, 9.17) is 11.5 Å². The van der Waals surface area contributed by atoms with Gasteiger partial charge in [0.1, 0.15) is 0 Å². The third-order valence-corrected chi connectivity index (χ3v) is 5.39. The lowest BCUT2D eigenvalue weighted by atomic mass is 10.4. The molecule has 0 aliphatic heterocycles. The molecule has 68 valence electrons. The highest BCUT2D eigenvalue weighted by molar-refractivity contribution is 6.71. The molecule has 0 aliphatic carbocycles. The van der Waals surface area contributed by atoms with Gasteiger partial charge in [-0.3, -0.25) is 0 Å². The van der Waals surface area contributed by atoms with Gasteiger partial charge in [-0.15, -0.1) is 0 Å². The van der Waals surface area contributed by atoms with Gasteiger partial charge in [-0.05, 0) is 27.7 Å². The van der Waals surface area contributed by atoms with Gasteiger partial charge in [0.25, 0.3) is 0 Å². The Kier molecular flexibility index (Phi) is 2.54. The van der Waals surface area contributed by atoms with E-state index in [1.54, 1.807) is 27.7 Å². The van der Waals surface area contributed by atoms with Crippen molar-refractivity contribution in [2.75, 3.05) is 0 Å². The van der Waals surface area contributed by atoms with Crippen LogP contribution in [0, 0.1) is 0 Å². The van der Waals surface area contributed by atoms with E-state index in [9.17, 15) is 9.59 Å². The highest BCUT2D eigenvalue weighted by Gasteiger charge is 2.54. The molecule has 0 atom stereocenters. The number of hydrogen-bond donors (Lipinski definition) is 4. The second-order valence-electron chi connectivity index (χ2n) is 4.12. The van der Waals surface area contributed by atoms with Crippen LogP contribution in [-0.2, 0) is 0 Å². The molecule has 0 bridgehead atoms. The summed E-state index contributed by atoms with van der Waals surface area (Å²) < 4.78 is 0. The highest BCUT2D eigenvalue weighted by Crippen LogP contribution is 2.21. The van der Waals surface area contributed by atoms with Crippen LogP contribution in [0.1, 0.15) is 27.7 Å². The molecule has 0 saturated heterocycles. The standard InChI is InChI=1S/C6H18N2O2Si/c1-5(2,7)11(9,10)6(3,4)8/h9-10H,7-8H2,1-4H3. The second-order valence-corrected chi connectivity index (χ2v) is 8.04. The summed E-state index contributed by atoms with van der Waals surface area (Å²) in [7, 11) is -3.55. The molecule has 0 amide bonds. The zero-order valence-corrected chi connectivity index (χ0v) is 8.55. The molecule has 0 unspecified atom stereocenters. The monoisotopic (exact) mass is 178 g/mol. The fraction of sp³-hybridized carbons (Fsp3) is 1.00. The lowest BCUT2D eigenvalue weighted by molar-refractivity contribution is 0.270. The Morgan fingerprint density at radius 3 is 1.09 bits per heavy atom. The third kappa shape index (κ3) is 2.00. The van der Waals surface area contributed by atoms with E-state index in [1.807, 2.05) is 0 Å². The van der Waals surface area contributed by atoms with E-state index >= 15 is 0 Å². The second kappa shape index (κ2) is 2.53. The molecule has 0 aliphatic rings. The first kappa shape index (κ1) is 11.1. The van der Waals surface area contributed by atoms with Crippen LogP contribution in [0.2, 0.25) is 0 Å². The highest BCUT2D eigenvalue weighted by atomic mass is 28.4. The third-order valence-electron chi connectivity index (χ3n) is 1.80. The molecular weight excluding hydrogens is 160 g/mol. The number of hydrogen-bond acceptors (Lipinski definition) is 4. The first-order valence-corrected chi connectivity index (χ1v) is 5.42. The molecule has 0 fully saturated rings. The van der Waals surface area contributed by atoms with Gasteiger partial charge in [0.15, 0.2) is 0 Å². The largest absolute Gasteiger partial charge is 0.409 e. The molecule has 11 heavy (non-hydrogen) atoms. The van der Waals surface area contributed by atoms with Gasteiger partial charge in [-0.1, -0.05) is 0 Å². The van der Waals surface area contributed by atoms with Crippen molar-refractivity contribution in [3.05, 3.63) is 0 Å². The van der Waals surface area contributed by atoms with E-state index in [2.05, 4.69) is 0 Å². The predicted molar refractivity (Wildman–Crippen MR) is 46.7 cm³/mol. The molecule has 0 aromatic rings. The normalized spacial score (nSPS) is 15.3. The van der Waals surface area contributed by atoms with Crippen molar-refractivity contribution in [3.63, 3.8) is 0 Å². The zero-order chi connectivity index (χ0) is 9.50. The van der Waals surface area contributed by atoms with Gasteiger partial charge in [0.2, 0.25) is 0 Å². The van der Waals surface area contributed by atoms with Crippen molar-refractivity contribution in [2.45, 2.75) is 38.0 Å². The molecule has 4 nitrogen and oxygen atoms in total. The summed E-state index contributed by atoms with van der Waals surface area (Å²) in [5.74, 6) is 0. The van der Waals surface area contributed by atoms with Crippen molar-refractivity contribution in [3.8, 4) is 0 Å². The Labute approximate surface area is 68.5 Å². The van der Waals surface area contributed by atoms with Crippen LogP contribution in [0.3, 0.4) is 0 Å². The molecule has 0 aromatic carbocycles. The minimum absolute atomic E-state index is 0.995. The summed E-state index contributed by atoms with van der Waals surface area (Å²) in [5.41, 5.74) is 11.2. The van der Waals surface area contributed by atoms with Gasteiger partial charge < -0.3 is 21.1 Å². The first-order chi connectivity index (χ1) is 4.50. The average Bonchev–Trinajstić information content (AvgIpc) is 1.58. The molecule has 6 N–H and O–H groups in total. The lowest BCUT2D eigenvalue weighted by Gasteiger charge is -2.40. The van der Waals surface area contributed by atoms with Crippen molar-refractivity contribution in [1.29, 1.82) is 0 Å². The Morgan fingerprint density at radius 2 is 1.09 bits per heavy atom. The summed E-state index contributed by atoms with van der Waals surface area (Å²) in [5, 5.41) is -1.99. The summed E-state index contributed by atoms with van der Waals surface area (Å²) in [6, 6.07) is 0. The maximum Gasteiger partial charge on any atom is 0.372 e. The van der Waals surface area contributed by atoms with Crippen LogP contribution in [-0.4, -0.2) is 28.5 Å². The Morgan fingerprint density at radius 1 is 0.909 bits per heavy atom. The quantitative estimate of drug-likeness (QED) is 0.407. The summed E-state index contributed by atoms with van der Waals surface area (Å²) in [6.07, 6.45) is 0. The minimum atomic E-state index is -3.55. The summed E-state index contributed by atoms with van der Waals surface area (Å²) in [4.78, 5) is 19.3. The first-order valence-electron chi connectivity index (χ1n) is 3.52. The van der Waals surface area contributed by atoms with Crippen LogP contribution < -0.4 is 11.5 Å². The molecule has 0 spiro atoms. The van der Waals surface area contributed by atoms with E-state index in [0.717, 1.165) is 0 Å². The van der Waals surface area contributed by atoms with Crippen molar-refractivity contribution >= 4 is 8.56 Å². The van der Waals surface area contributed by atoms with E-state index in [-0.39, 0.29) is 0 Å². The van der Waals surface area contributed by atoms with Crippen LogP contribution >= 0.6 is 0 Å². The van der Waals surface area contributed by atoms with Crippen LogP contribution in [0.25, 0.3) is 0 Å². The maximum atomic E-state index is 9.63. The SMILES string of the molecule is CC(C)(N)[Si](O)(O)C(C)(C)N. The van der Waals surface area contributed by atoms with Gasteiger partial charge in [0, 0.05) is 0 Å². The molecule has 5 heteroatoms. The van der Waals surface area contributed by atoms with E-state index in [1.165, 1.54) is 0 Å². The van der Waals surface area contributed by atoms with Crippen molar-refractivity contribution in [2.24, 2.45) is 11.5 Å². The molecule has 0 heterocycles. The molecular formula is C6H18N2O2Si. The topological polar surface area (TPSA) is 92.5 Å². The molecule has 0 radical (unpaired) electrons. The Balaban J connectivity index is 4.75. The average molecular weight is 178 g/mol. The Bertz CT molecular complexity index is 130. The Hall–Kier alpha value is 0.0569. The van der Waals surface area contributed by atoms with Gasteiger partial charge in [-0.25, -0.2) is 0 Å². The van der Waals surface area contributed by atoms with Gasteiger partial charge in [-0.2, -0.15) is 0 Å². The predicted octanol–water partition coefficient (Wildman–Crippen LogP) is -1.03. The minimum Gasteiger partial charge on any atom is -0.409 e. The fourth-order valence-corrected chi connectivity index (χ4v) is 2.49. The smallest absolute Gasteiger partial charge is 0.372 e. The number of nitrogens with two attached hydrogens (primary N) is 2. The summed E-state index contributed by atoms with van der Waals surface area (Å²) in [6.45, 7) is 6.31. The number of rotatable bonds is 2. The molecule has 0 rings (SSSR count). The maximum absolute atomic E-state index is 9.63. The van der Waals surface area contributed by atoms with Crippen molar-refractivity contribution < 1.29 is 9.59 Å². The van der Waals surface area contributed by atoms with E-state index in [0.29, 0.717) is 0 Å². The summed E-state index contributed by atoms with van der Waals surface area (Å²) >= 11 is 0. The van der Waals surface area contributed by atoms with Crippen LogP contribution in [0.15, 0.2) is 0 Å². The lowest BCUT2D eigenvalue weighted by Crippen LogP contribution is -2.75.